The molecule has 2 aliphatic rings. The molecule has 0 aromatic carbocycles. The van der Waals surface area contributed by atoms with Crippen LogP contribution < -0.4 is 0 Å². The van der Waals surface area contributed by atoms with Crippen molar-refractivity contribution in [3.05, 3.63) is 22.1 Å². The third kappa shape index (κ3) is 5.19. The van der Waals surface area contributed by atoms with Gasteiger partial charge in [-0.2, -0.15) is 8.42 Å². The van der Waals surface area contributed by atoms with Crippen LogP contribution in [0.2, 0.25) is 0 Å². The Morgan fingerprint density at radius 3 is 2.78 bits per heavy atom. The van der Waals surface area contributed by atoms with E-state index in [1.807, 2.05) is 0 Å². The zero-order chi connectivity index (χ0) is 17.0. The topological polar surface area (TPSA) is 140 Å². The number of rotatable bonds is 7. The molecule has 1 aliphatic carbocycles. The van der Waals surface area contributed by atoms with Crippen LogP contribution in [0.3, 0.4) is 0 Å². The zero-order valence-electron chi connectivity index (χ0n) is 12.6. The van der Waals surface area contributed by atoms with E-state index in [-0.39, 0.29) is 24.7 Å². The van der Waals surface area contributed by atoms with E-state index in [9.17, 15) is 13.2 Å². The minimum Gasteiger partial charge on any atom is -0.466 e. The Labute approximate surface area is 133 Å². The van der Waals surface area contributed by atoms with Crippen LogP contribution in [0, 0.1) is 0 Å². The molecule has 11 heteroatoms. The van der Waals surface area contributed by atoms with Crippen molar-refractivity contribution in [1.82, 2.24) is 0 Å². The van der Waals surface area contributed by atoms with Gasteiger partial charge in [0.15, 0.2) is 0 Å². The van der Waals surface area contributed by atoms with Crippen LogP contribution in [0.4, 0.5) is 0 Å². The lowest BCUT2D eigenvalue weighted by atomic mass is 9.90. The monoisotopic (exact) mass is 347 g/mol. The first-order chi connectivity index (χ1) is 10.8. The SMILES string of the molecule is COC(=O)C1=CC(OCC2CO2)[C@@H](OS(C)(=O)=O)C(N=[N+]=[N-])C1. The minimum atomic E-state index is -3.81. The van der Waals surface area contributed by atoms with E-state index in [0.29, 0.717) is 6.61 Å². The maximum Gasteiger partial charge on any atom is 0.333 e. The van der Waals surface area contributed by atoms with E-state index in [2.05, 4.69) is 14.8 Å². The molecule has 3 unspecified atom stereocenters. The summed E-state index contributed by atoms with van der Waals surface area (Å²) in [6, 6.07) is -0.918. The van der Waals surface area contributed by atoms with Crippen molar-refractivity contribution in [2.75, 3.05) is 26.6 Å². The van der Waals surface area contributed by atoms with Crippen LogP contribution in [0.15, 0.2) is 16.8 Å². The second-order valence-corrected chi connectivity index (χ2v) is 6.78. The van der Waals surface area contributed by atoms with E-state index in [1.165, 1.54) is 13.2 Å². The molecular weight excluding hydrogens is 330 g/mol. The average Bonchev–Trinajstić information content (AvgIpc) is 3.29. The number of carbonyl (C=O) groups excluding carboxylic acids is 1. The first kappa shape index (κ1) is 17.7. The summed E-state index contributed by atoms with van der Waals surface area (Å²) >= 11 is 0. The first-order valence-corrected chi connectivity index (χ1v) is 8.60. The van der Waals surface area contributed by atoms with Gasteiger partial charge < -0.3 is 14.2 Å². The lowest BCUT2D eigenvalue weighted by Crippen LogP contribution is -2.45. The molecule has 1 aliphatic heterocycles. The molecule has 4 atom stereocenters. The second-order valence-electron chi connectivity index (χ2n) is 5.18. The number of esters is 1. The van der Waals surface area contributed by atoms with Gasteiger partial charge >= 0.3 is 5.97 Å². The molecule has 0 aromatic rings. The Kier molecular flexibility index (Phi) is 5.60. The van der Waals surface area contributed by atoms with Crippen LogP contribution >= 0.6 is 0 Å². The summed E-state index contributed by atoms with van der Waals surface area (Å²) < 4.78 is 43.2. The maximum atomic E-state index is 11.7. The van der Waals surface area contributed by atoms with Crippen molar-refractivity contribution in [3.63, 3.8) is 0 Å². The van der Waals surface area contributed by atoms with Gasteiger partial charge in [0.25, 0.3) is 10.1 Å². The standard InChI is InChI=1S/C12H17N3O7S/c1-19-12(16)7-3-9(14-15-13)11(22-23(2,17)18)10(4-7)21-6-8-5-20-8/h4,8-11H,3,5-6H2,1-2H3/t8?,9?,10?,11-/m0/s1. The van der Waals surface area contributed by atoms with Crippen molar-refractivity contribution in [1.29, 1.82) is 0 Å². The number of hydrogen-bond donors (Lipinski definition) is 0. The average molecular weight is 347 g/mol. The molecule has 0 amide bonds. The van der Waals surface area contributed by atoms with Crippen molar-refractivity contribution in [3.8, 4) is 0 Å². The highest BCUT2D eigenvalue weighted by molar-refractivity contribution is 7.86. The van der Waals surface area contributed by atoms with Crippen molar-refractivity contribution >= 4 is 16.1 Å². The molecule has 0 bridgehead atoms. The number of nitrogens with zero attached hydrogens (tertiary/aromatic N) is 3. The van der Waals surface area contributed by atoms with E-state index in [1.54, 1.807) is 0 Å². The van der Waals surface area contributed by atoms with Crippen LogP contribution in [-0.2, 0) is 33.3 Å². The molecule has 23 heavy (non-hydrogen) atoms. The fourth-order valence-corrected chi connectivity index (χ4v) is 2.86. The molecule has 1 fully saturated rings. The van der Waals surface area contributed by atoms with Crippen molar-refractivity contribution < 1.29 is 31.6 Å². The first-order valence-electron chi connectivity index (χ1n) is 6.78. The van der Waals surface area contributed by atoms with Crippen LogP contribution in [0.5, 0.6) is 0 Å². The number of carbonyl (C=O) groups is 1. The van der Waals surface area contributed by atoms with E-state index < -0.39 is 34.3 Å². The number of ether oxygens (including phenoxy) is 3. The van der Waals surface area contributed by atoms with Gasteiger partial charge in [0.1, 0.15) is 18.3 Å². The van der Waals surface area contributed by atoms with Gasteiger partial charge in [-0.1, -0.05) is 5.11 Å². The molecule has 10 nitrogen and oxygen atoms in total. The number of epoxide rings is 1. The maximum absolute atomic E-state index is 11.7. The highest BCUT2D eigenvalue weighted by atomic mass is 32.2. The Bertz CT molecular complexity index is 637. The summed E-state index contributed by atoms with van der Waals surface area (Å²) in [5.41, 5.74) is 8.92. The molecule has 128 valence electrons. The van der Waals surface area contributed by atoms with Gasteiger partial charge in [0, 0.05) is 10.5 Å². The molecule has 0 aromatic heterocycles. The summed E-state index contributed by atoms with van der Waals surface area (Å²) in [4.78, 5) is 14.4. The third-order valence-corrected chi connectivity index (χ3v) is 3.88. The van der Waals surface area contributed by atoms with Gasteiger partial charge in [-0.05, 0) is 18.0 Å². The van der Waals surface area contributed by atoms with Crippen LogP contribution in [0.1, 0.15) is 6.42 Å². The molecular formula is C12H17N3O7S. The highest BCUT2D eigenvalue weighted by Crippen LogP contribution is 2.29. The second kappa shape index (κ2) is 7.28. The molecule has 0 radical (unpaired) electrons. The number of methoxy groups -OCH3 is 1. The smallest absolute Gasteiger partial charge is 0.333 e. The molecule has 0 N–H and O–H groups in total. The summed E-state index contributed by atoms with van der Waals surface area (Å²) in [5.74, 6) is -0.600. The summed E-state index contributed by atoms with van der Waals surface area (Å²) in [6.07, 6.45) is 0.314. The normalized spacial score (nSPS) is 30.1. The largest absolute Gasteiger partial charge is 0.466 e. The third-order valence-electron chi connectivity index (χ3n) is 3.31. The summed E-state index contributed by atoms with van der Waals surface area (Å²) in [6.45, 7) is 0.764. The predicted octanol–water partition coefficient (Wildman–Crippen LogP) is 0.297. The molecule has 0 saturated carbocycles. The van der Waals surface area contributed by atoms with Crippen molar-refractivity contribution in [2.24, 2.45) is 5.11 Å². The van der Waals surface area contributed by atoms with Crippen LogP contribution in [-0.4, -0.2) is 65.3 Å². The fraction of sp³-hybridized carbons (Fsp3) is 0.750. The number of hydrogen-bond acceptors (Lipinski definition) is 8. The summed E-state index contributed by atoms with van der Waals surface area (Å²) in [7, 11) is -2.59. The van der Waals surface area contributed by atoms with Gasteiger partial charge in [-0.15, -0.1) is 0 Å². The lowest BCUT2D eigenvalue weighted by molar-refractivity contribution is -0.136. The highest BCUT2D eigenvalue weighted by Gasteiger charge is 2.39. The zero-order valence-corrected chi connectivity index (χ0v) is 13.4. The summed E-state index contributed by atoms with van der Waals surface area (Å²) in [5, 5.41) is 3.54. The van der Waals surface area contributed by atoms with E-state index in [0.717, 1.165) is 6.26 Å². The predicted molar refractivity (Wildman–Crippen MR) is 76.8 cm³/mol. The number of azide groups is 1. The van der Waals surface area contributed by atoms with Crippen molar-refractivity contribution in [2.45, 2.75) is 30.8 Å². The molecule has 1 heterocycles. The fourth-order valence-electron chi connectivity index (χ4n) is 2.22. The van der Waals surface area contributed by atoms with Gasteiger partial charge in [0.05, 0.1) is 32.6 Å². The molecule has 2 rings (SSSR count). The Balaban J connectivity index is 2.28. The quantitative estimate of drug-likeness (QED) is 0.161. The van der Waals surface area contributed by atoms with E-state index >= 15 is 0 Å². The minimum absolute atomic E-state index is 0.00327. The van der Waals surface area contributed by atoms with Gasteiger partial charge in [0.2, 0.25) is 0 Å². The van der Waals surface area contributed by atoms with Gasteiger partial charge in [-0.3, -0.25) is 4.18 Å². The Hall–Kier alpha value is -1.65. The van der Waals surface area contributed by atoms with E-state index in [4.69, 9.17) is 19.2 Å². The molecule has 1 saturated heterocycles. The Morgan fingerprint density at radius 1 is 1.57 bits per heavy atom. The molecule has 0 spiro atoms. The lowest BCUT2D eigenvalue weighted by Gasteiger charge is -2.33. The Morgan fingerprint density at radius 2 is 2.26 bits per heavy atom. The van der Waals surface area contributed by atoms with Crippen LogP contribution in [0.25, 0.3) is 10.4 Å². The van der Waals surface area contributed by atoms with Gasteiger partial charge in [-0.25, -0.2) is 4.79 Å².